The second kappa shape index (κ2) is 6.91. The third kappa shape index (κ3) is 3.53. The standard InChI is InChI=1S/C17H25ClFN/c1-2-4-13-7-9-17(12-20,10-8-13)11-14-5-3-6-15(19)16(14)18/h3,5-6,13H,2,4,7-12,20H2,1H3. The number of hydrogen-bond donors (Lipinski definition) is 1. The molecule has 0 atom stereocenters. The van der Waals surface area contributed by atoms with E-state index in [1.807, 2.05) is 6.07 Å². The number of halogens is 2. The molecule has 0 radical (unpaired) electrons. The molecule has 0 aromatic heterocycles. The van der Waals surface area contributed by atoms with Crippen LogP contribution in [0.2, 0.25) is 5.02 Å². The van der Waals surface area contributed by atoms with Gasteiger partial charge in [-0.05, 0) is 61.6 Å². The monoisotopic (exact) mass is 297 g/mol. The van der Waals surface area contributed by atoms with E-state index in [-0.39, 0.29) is 16.3 Å². The normalized spacial score (nSPS) is 26.7. The van der Waals surface area contributed by atoms with E-state index in [0.717, 1.165) is 30.7 Å². The SMILES string of the molecule is CCCC1CCC(CN)(Cc2cccc(F)c2Cl)CC1. The Labute approximate surface area is 126 Å². The first-order valence-electron chi connectivity index (χ1n) is 7.73. The zero-order chi connectivity index (χ0) is 14.6. The van der Waals surface area contributed by atoms with Crippen molar-refractivity contribution in [3.05, 3.63) is 34.6 Å². The van der Waals surface area contributed by atoms with Crippen LogP contribution < -0.4 is 5.73 Å². The topological polar surface area (TPSA) is 26.0 Å². The molecule has 1 nitrogen and oxygen atoms in total. The molecule has 20 heavy (non-hydrogen) atoms. The minimum Gasteiger partial charge on any atom is -0.330 e. The highest BCUT2D eigenvalue weighted by Gasteiger charge is 2.34. The summed E-state index contributed by atoms with van der Waals surface area (Å²) in [5.41, 5.74) is 7.08. The maximum atomic E-state index is 13.6. The summed E-state index contributed by atoms with van der Waals surface area (Å²) in [5, 5.41) is 0.274. The van der Waals surface area contributed by atoms with Crippen LogP contribution in [0.25, 0.3) is 0 Å². The fraction of sp³-hybridized carbons (Fsp3) is 0.647. The highest BCUT2D eigenvalue weighted by Crippen LogP contribution is 2.43. The molecule has 1 saturated carbocycles. The predicted molar refractivity (Wildman–Crippen MR) is 83.5 cm³/mol. The van der Waals surface area contributed by atoms with Crippen molar-refractivity contribution in [2.75, 3.05) is 6.54 Å². The molecule has 1 fully saturated rings. The first-order valence-corrected chi connectivity index (χ1v) is 8.11. The number of rotatable bonds is 5. The lowest BCUT2D eigenvalue weighted by Crippen LogP contribution is -2.37. The summed E-state index contributed by atoms with van der Waals surface area (Å²) in [6, 6.07) is 5.09. The van der Waals surface area contributed by atoms with Crippen LogP contribution in [-0.4, -0.2) is 6.54 Å². The van der Waals surface area contributed by atoms with E-state index < -0.39 is 0 Å². The van der Waals surface area contributed by atoms with Gasteiger partial charge >= 0.3 is 0 Å². The smallest absolute Gasteiger partial charge is 0.142 e. The lowest BCUT2D eigenvalue weighted by atomic mass is 9.67. The third-order valence-electron chi connectivity index (χ3n) is 4.89. The van der Waals surface area contributed by atoms with E-state index in [1.54, 1.807) is 6.07 Å². The fourth-order valence-corrected chi connectivity index (χ4v) is 3.72. The first-order chi connectivity index (χ1) is 9.60. The Morgan fingerprint density at radius 2 is 2.05 bits per heavy atom. The molecule has 0 aliphatic heterocycles. The number of benzene rings is 1. The van der Waals surface area contributed by atoms with E-state index in [0.29, 0.717) is 6.54 Å². The van der Waals surface area contributed by atoms with E-state index >= 15 is 0 Å². The second-order valence-corrected chi connectivity index (χ2v) is 6.70. The summed E-state index contributed by atoms with van der Waals surface area (Å²) in [5.74, 6) is 0.527. The van der Waals surface area contributed by atoms with Gasteiger partial charge in [-0.1, -0.05) is 43.5 Å². The molecule has 0 unspecified atom stereocenters. The molecule has 1 aliphatic rings. The van der Waals surface area contributed by atoms with Gasteiger partial charge in [0.1, 0.15) is 5.82 Å². The average molecular weight is 298 g/mol. The van der Waals surface area contributed by atoms with Crippen molar-refractivity contribution in [3.8, 4) is 0 Å². The van der Waals surface area contributed by atoms with Crippen molar-refractivity contribution in [1.82, 2.24) is 0 Å². The molecule has 0 heterocycles. The van der Waals surface area contributed by atoms with Crippen LogP contribution >= 0.6 is 11.6 Å². The van der Waals surface area contributed by atoms with Gasteiger partial charge in [0, 0.05) is 0 Å². The van der Waals surface area contributed by atoms with Gasteiger partial charge in [0.15, 0.2) is 0 Å². The van der Waals surface area contributed by atoms with Crippen molar-refractivity contribution in [1.29, 1.82) is 0 Å². The molecule has 1 aromatic rings. The van der Waals surface area contributed by atoms with Crippen molar-refractivity contribution >= 4 is 11.6 Å². The van der Waals surface area contributed by atoms with Crippen molar-refractivity contribution in [2.45, 2.75) is 51.9 Å². The fourth-order valence-electron chi connectivity index (χ4n) is 3.53. The number of nitrogens with two attached hydrogens (primary N) is 1. The van der Waals surface area contributed by atoms with Crippen LogP contribution in [0.15, 0.2) is 18.2 Å². The average Bonchev–Trinajstić information content (AvgIpc) is 2.46. The van der Waals surface area contributed by atoms with Gasteiger partial charge in [-0.15, -0.1) is 0 Å². The maximum absolute atomic E-state index is 13.6. The first kappa shape index (κ1) is 15.8. The Morgan fingerprint density at radius 1 is 1.35 bits per heavy atom. The van der Waals surface area contributed by atoms with E-state index in [4.69, 9.17) is 17.3 Å². The molecule has 1 aliphatic carbocycles. The molecule has 0 saturated heterocycles. The van der Waals surface area contributed by atoms with Crippen LogP contribution in [0.5, 0.6) is 0 Å². The molecule has 0 amide bonds. The highest BCUT2D eigenvalue weighted by atomic mass is 35.5. The molecule has 112 valence electrons. The Morgan fingerprint density at radius 3 is 2.65 bits per heavy atom. The van der Waals surface area contributed by atoms with Crippen LogP contribution in [-0.2, 0) is 6.42 Å². The van der Waals surface area contributed by atoms with E-state index in [9.17, 15) is 4.39 Å². The summed E-state index contributed by atoms with van der Waals surface area (Å²) in [6.45, 7) is 2.91. The van der Waals surface area contributed by atoms with Crippen LogP contribution in [0.1, 0.15) is 51.0 Å². The third-order valence-corrected chi connectivity index (χ3v) is 5.32. The Hall–Kier alpha value is -0.600. The van der Waals surface area contributed by atoms with Crippen LogP contribution in [0, 0.1) is 17.2 Å². The zero-order valence-electron chi connectivity index (χ0n) is 12.3. The lowest BCUT2D eigenvalue weighted by Gasteiger charge is -2.40. The molecular weight excluding hydrogens is 273 g/mol. The van der Waals surface area contributed by atoms with Crippen molar-refractivity contribution in [3.63, 3.8) is 0 Å². The largest absolute Gasteiger partial charge is 0.330 e. The molecule has 1 aromatic carbocycles. The Kier molecular flexibility index (Phi) is 5.45. The zero-order valence-corrected chi connectivity index (χ0v) is 13.1. The summed E-state index contributed by atoms with van der Waals surface area (Å²) >= 11 is 6.09. The minimum atomic E-state index is -0.323. The van der Waals surface area contributed by atoms with Gasteiger partial charge in [-0.2, -0.15) is 0 Å². The quantitative estimate of drug-likeness (QED) is 0.817. The van der Waals surface area contributed by atoms with Gasteiger partial charge in [-0.3, -0.25) is 0 Å². The molecule has 0 spiro atoms. The van der Waals surface area contributed by atoms with Gasteiger partial charge in [0.25, 0.3) is 0 Å². The predicted octanol–water partition coefficient (Wildman–Crippen LogP) is 4.96. The van der Waals surface area contributed by atoms with Gasteiger partial charge in [0.05, 0.1) is 5.02 Å². The van der Waals surface area contributed by atoms with Gasteiger partial charge in [-0.25, -0.2) is 4.39 Å². The van der Waals surface area contributed by atoms with Crippen molar-refractivity contribution in [2.24, 2.45) is 17.1 Å². The van der Waals surface area contributed by atoms with Crippen LogP contribution in [0.4, 0.5) is 4.39 Å². The summed E-state index contributed by atoms with van der Waals surface area (Å²) in [7, 11) is 0. The van der Waals surface area contributed by atoms with E-state index in [1.165, 1.54) is 31.7 Å². The number of hydrogen-bond acceptors (Lipinski definition) is 1. The summed E-state index contributed by atoms with van der Waals surface area (Å²) < 4.78 is 13.6. The molecule has 3 heteroatoms. The lowest BCUT2D eigenvalue weighted by molar-refractivity contribution is 0.150. The summed E-state index contributed by atoms with van der Waals surface area (Å²) in [6.07, 6.45) is 8.16. The minimum absolute atomic E-state index is 0.113. The molecule has 0 bridgehead atoms. The van der Waals surface area contributed by atoms with Crippen molar-refractivity contribution < 1.29 is 4.39 Å². The Balaban J connectivity index is 2.07. The molecule has 2 N–H and O–H groups in total. The molecular formula is C17H25ClFN. The molecule has 2 rings (SSSR count). The van der Waals surface area contributed by atoms with Gasteiger partial charge < -0.3 is 5.73 Å². The van der Waals surface area contributed by atoms with E-state index in [2.05, 4.69) is 6.92 Å². The maximum Gasteiger partial charge on any atom is 0.142 e. The highest BCUT2D eigenvalue weighted by molar-refractivity contribution is 6.31. The summed E-state index contributed by atoms with van der Waals surface area (Å²) in [4.78, 5) is 0. The van der Waals surface area contributed by atoms with Crippen LogP contribution in [0.3, 0.4) is 0 Å². The second-order valence-electron chi connectivity index (χ2n) is 6.33. The Bertz CT molecular complexity index is 439. The van der Waals surface area contributed by atoms with Gasteiger partial charge in [0.2, 0.25) is 0 Å².